The molecule has 1 aliphatic rings. The Morgan fingerprint density at radius 2 is 2.10 bits per heavy atom. The predicted molar refractivity (Wildman–Crippen MR) is 84.0 cm³/mol. The standard InChI is InChI=1S/C14H15N3O3S/c1-3-15-14-16(4-2)13(18)12(21-14)9-10-7-5-6-8-11(10)17(19)20/h5-9H,3-4H2,1-2H3. The summed E-state index contributed by atoms with van der Waals surface area (Å²) in [6.07, 6.45) is 1.56. The van der Waals surface area contributed by atoms with Crippen molar-refractivity contribution < 1.29 is 9.72 Å². The summed E-state index contributed by atoms with van der Waals surface area (Å²) < 4.78 is 0. The minimum atomic E-state index is -0.449. The SMILES string of the molecule is CCN=C1SC(=Cc2ccccc2[N+](=O)[O-])C(=O)N1CC. The fourth-order valence-corrected chi connectivity index (χ4v) is 3.05. The van der Waals surface area contributed by atoms with Crippen molar-refractivity contribution in [3.8, 4) is 0 Å². The zero-order valence-electron chi connectivity index (χ0n) is 11.8. The lowest BCUT2D eigenvalue weighted by Crippen LogP contribution is -2.28. The van der Waals surface area contributed by atoms with E-state index in [0.29, 0.717) is 28.7 Å². The molecule has 0 aromatic heterocycles. The van der Waals surface area contributed by atoms with E-state index in [4.69, 9.17) is 0 Å². The number of aliphatic imine (C=N–C) groups is 1. The van der Waals surface area contributed by atoms with Gasteiger partial charge in [-0.25, -0.2) is 0 Å². The first-order valence-corrected chi connectivity index (χ1v) is 7.39. The van der Waals surface area contributed by atoms with Crippen LogP contribution < -0.4 is 0 Å². The molecule has 0 unspecified atom stereocenters. The Morgan fingerprint density at radius 3 is 2.71 bits per heavy atom. The molecule has 0 bridgehead atoms. The molecule has 0 N–H and O–H groups in total. The van der Waals surface area contributed by atoms with Crippen molar-refractivity contribution >= 4 is 34.6 Å². The van der Waals surface area contributed by atoms with Crippen molar-refractivity contribution in [1.29, 1.82) is 0 Å². The zero-order valence-corrected chi connectivity index (χ0v) is 12.6. The Kier molecular flexibility index (Phi) is 4.74. The Labute approximate surface area is 126 Å². The highest BCUT2D eigenvalue weighted by Gasteiger charge is 2.32. The highest BCUT2D eigenvalue weighted by Crippen LogP contribution is 2.33. The molecule has 0 aliphatic carbocycles. The first-order chi connectivity index (χ1) is 10.1. The normalized spacial score (nSPS) is 18.8. The van der Waals surface area contributed by atoms with Crippen LogP contribution >= 0.6 is 11.8 Å². The maximum Gasteiger partial charge on any atom is 0.276 e. The Bertz CT molecular complexity index is 640. The van der Waals surface area contributed by atoms with Crippen LogP contribution in [0.3, 0.4) is 0 Å². The lowest BCUT2D eigenvalue weighted by molar-refractivity contribution is -0.385. The molecule has 1 aromatic carbocycles. The quantitative estimate of drug-likeness (QED) is 0.487. The van der Waals surface area contributed by atoms with E-state index in [9.17, 15) is 14.9 Å². The van der Waals surface area contributed by atoms with Gasteiger partial charge in [0, 0.05) is 19.2 Å². The van der Waals surface area contributed by atoms with Crippen LogP contribution in [0.5, 0.6) is 0 Å². The molecule has 1 aromatic rings. The van der Waals surface area contributed by atoms with Crippen LogP contribution in [0.25, 0.3) is 6.08 Å². The number of nitro benzene ring substituents is 1. The molecule has 0 atom stereocenters. The van der Waals surface area contributed by atoms with Gasteiger partial charge in [0.2, 0.25) is 0 Å². The third-order valence-electron chi connectivity index (χ3n) is 2.92. The Balaban J connectivity index is 2.41. The molecule has 1 saturated heterocycles. The number of para-hydroxylation sites is 1. The number of hydrogen-bond acceptors (Lipinski definition) is 5. The summed E-state index contributed by atoms with van der Waals surface area (Å²) >= 11 is 1.26. The third kappa shape index (κ3) is 3.13. The molecule has 1 aliphatic heterocycles. The van der Waals surface area contributed by atoms with Crippen molar-refractivity contribution in [2.24, 2.45) is 4.99 Å². The molecule has 6 nitrogen and oxygen atoms in total. The molecule has 21 heavy (non-hydrogen) atoms. The van der Waals surface area contributed by atoms with Crippen molar-refractivity contribution in [3.05, 3.63) is 44.8 Å². The molecule has 1 fully saturated rings. The first kappa shape index (κ1) is 15.2. The van der Waals surface area contributed by atoms with E-state index in [2.05, 4.69) is 4.99 Å². The van der Waals surface area contributed by atoms with Gasteiger partial charge in [-0.1, -0.05) is 12.1 Å². The number of thioether (sulfide) groups is 1. The summed E-state index contributed by atoms with van der Waals surface area (Å²) in [7, 11) is 0. The average molecular weight is 305 g/mol. The van der Waals surface area contributed by atoms with Gasteiger partial charge in [0.1, 0.15) is 0 Å². The number of amidine groups is 1. The summed E-state index contributed by atoms with van der Waals surface area (Å²) in [5.41, 5.74) is 0.412. The van der Waals surface area contributed by atoms with Crippen molar-refractivity contribution in [3.63, 3.8) is 0 Å². The maximum absolute atomic E-state index is 12.3. The summed E-state index contributed by atoms with van der Waals surface area (Å²) in [6.45, 7) is 4.89. The van der Waals surface area contributed by atoms with Gasteiger partial charge in [0.05, 0.1) is 15.4 Å². The highest BCUT2D eigenvalue weighted by atomic mass is 32.2. The van der Waals surface area contributed by atoms with Gasteiger partial charge in [-0.3, -0.25) is 24.8 Å². The number of benzene rings is 1. The Hall–Kier alpha value is -2.15. The van der Waals surface area contributed by atoms with Crippen molar-refractivity contribution in [2.45, 2.75) is 13.8 Å². The topological polar surface area (TPSA) is 75.8 Å². The van der Waals surface area contributed by atoms with Crippen LogP contribution in [0.2, 0.25) is 0 Å². The lowest BCUT2D eigenvalue weighted by Gasteiger charge is -2.11. The maximum atomic E-state index is 12.3. The predicted octanol–water partition coefficient (Wildman–Crippen LogP) is 2.91. The van der Waals surface area contributed by atoms with Gasteiger partial charge in [0.15, 0.2) is 5.17 Å². The van der Waals surface area contributed by atoms with Gasteiger partial charge in [-0.2, -0.15) is 0 Å². The molecule has 2 rings (SSSR count). The number of nitrogens with zero attached hydrogens (tertiary/aromatic N) is 3. The van der Waals surface area contributed by atoms with Gasteiger partial charge >= 0.3 is 0 Å². The van der Waals surface area contributed by atoms with E-state index in [-0.39, 0.29) is 11.6 Å². The van der Waals surface area contributed by atoms with Crippen LogP contribution in [-0.2, 0) is 4.79 Å². The van der Waals surface area contributed by atoms with Gasteiger partial charge in [-0.15, -0.1) is 0 Å². The molecule has 0 saturated carbocycles. The van der Waals surface area contributed by atoms with Gasteiger partial charge < -0.3 is 0 Å². The monoisotopic (exact) mass is 305 g/mol. The molecular formula is C14H15N3O3S. The van der Waals surface area contributed by atoms with E-state index in [1.807, 2.05) is 13.8 Å². The minimum Gasteiger partial charge on any atom is -0.287 e. The number of likely N-dealkylation sites (N-methyl/N-ethyl adjacent to an activating group) is 1. The summed E-state index contributed by atoms with van der Waals surface area (Å²) in [4.78, 5) is 29.2. The number of carbonyl (C=O) groups excluding carboxylic acids is 1. The molecule has 0 radical (unpaired) electrons. The second kappa shape index (κ2) is 6.53. The summed E-state index contributed by atoms with van der Waals surface area (Å²) in [5, 5.41) is 11.7. The van der Waals surface area contributed by atoms with Crippen LogP contribution in [0.1, 0.15) is 19.4 Å². The summed E-state index contributed by atoms with van der Waals surface area (Å²) in [5.74, 6) is -0.159. The highest BCUT2D eigenvalue weighted by molar-refractivity contribution is 8.18. The fourth-order valence-electron chi connectivity index (χ4n) is 1.96. The molecule has 0 spiro atoms. The van der Waals surface area contributed by atoms with Crippen LogP contribution in [0, 0.1) is 10.1 Å². The molecule has 1 heterocycles. The summed E-state index contributed by atoms with van der Waals surface area (Å²) in [6, 6.07) is 6.37. The van der Waals surface area contributed by atoms with Crippen molar-refractivity contribution in [1.82, 2.24) is 4.90 Å². The van der Waals surface area contributed by atoms with Gasteiger partial charge in [0.25, 0.3) is 11.6 Å². The third-order valence-corrected chi connectivity index (χ3v) is 3.96. The van der Waals surface area contributed by atoms with Crippen LogP contribution in [0.4, 0.5) is 5.69 Å². The fraction of sp³-hybridized carbons (Fsp3) is 0.286. The number of rotatable bonds is 4. The van der Waals surface area contributed by atoms with E-state index in [1.165, 1.54) is 17.8 Å². The molecule has 7 heteroatoms. The number of amides is 1. The van der Waals surface area contributed by atoms with E-state index < -0.39 is 4.92 Å². The minimum absolute atomic E-state index is 0.0117. The van der Waals surface area contributed by atoms with Gasteiger partial charge in [-0.05, 0) is 37.8 Å². The largest absolute Gasteiger partial charge is 0.287 e. The Morgan fingerprint density at radius 1 is 1.38 bits per heavy atom. The molecule has 110 valence electrons. The number of carbonyl (C=O) groups is 1. The van der Waals surface area contributed by atoms with Crippen LogP contribution in [0.15, 0.2) is 34.2 Å². The second-order valence-corrected chi connectivity index (χ2v) is 5.24. The van der Waals surface area contributed by atoms with E-state index in [0.717, 1.165) is 0 Å². The average Bonchev–Trinajstić information content (AvgIpc) is 2.75. The molecular weight excluding hydrogens is 290 g/mol. The smallest absolute Gasteiger partial charge is 0.276 e. The lowest BCUT2D eigenvalue weighted by atomic mass is 10.1. The second-order valence-electron chi connectivity index (χ2n) is 4.23. The van der Waals surface area contributed by atoms with E-state index in [1.54, 1.807) is 29.2 Å². The van der Waals surface area contributed by atoms with Crippen molar-refractivity contribution in [2.75, 3.05) is 13.1 Å². The van der Waals surface area contributed by atoms with Crippen LogP contribution in [-0.4, -0.2) is 34.0 Å². The first-order valence-electron chi connectivity index (χ1n) is 6.57. The zero-order chi connectivity index (χ0) is 15.4. The molecule has 1 amide bonds. The number of nitro groups is 1. The number of hydrogen-bond donors (Lipinski definition) is 0. The van der Waals surface area contributed by atoms with E-state index >= 15 is 0 Å².